The molecule has 3 rings (SSSR count). The molecule has 1 aromatic rings. The minimum Gasteiger partial charge on any atom is -0.326 e. The largest absolute Gasteiger partial charge is 0.326 e. The summed E-state index contributed by atoms with van der Waals surface area (Å²) in [6.07, 6.45) is 1.05. The molecule has 118 valence electrons. The lowest BCUT2D eigenvalue weighted by Crippen LogP contribution is -2.17. The molecule has 2 amide bonds. The first-order chi connectivity index (χ1) is 10.7. The van der Waals surface area contributed by atoms with Gasteiger partial charge in [-0.15, -0.1) is 0 Å². The highest BCUT2D eigenvalue weighted by atomic mass is 16.2. The van der Waals surface area contributed by atoms with Crippen molar-refractivity contribution in [2.24, 2.45) is 0 Å². The summed E-state index contributed by atoms with van der Waals surface area (Å²) in [6, 6.07) is 7.26. The van der Waals surface area contributed by atoms with Crippen LogP contribution in [0.15, 0.2) is 24.3 Å². The van der Waals surface area contributed by atoms with Crippen LogP contribution in [0, 0.1) is 0 Å². The van der Waals surface area contributed by atoms with Crippen LogP contribution in [0.25, 0.3) is 0 Å². The Labute approximate surface area is 130 Å². The van der Waals surface area contributed by atoms with Gasteiger partial charge in [0.2, 0.25) is 11.8 Å². The summed E-state index contributed by atoms with van der Waals surface area (Å²) in [5.74, 6) is 0.0596. The number of carbonyl (C=O) groups is 2. The second-order valence-corrected chi connectivity index (χ2v) is 5.86. The van der Waals surface area contributed by atoms with Crippen molar-refractivity contribution in [2.75, 3.05) is 49.9 Å². The monoisotopic (exact) mass is 302 g/mol. The van der Waals surface area contributed by atoms with Crippen molar-refractivity contribution in [1.82, 2.24) is 9.80 Å². The van der Waals surface area contributed by atoms with Crippen molar-refractivity contribution in [3.8, 4) is 0 Å². The fourth-order valence-corrected chi connectivity index (χ4v) is 2.19. The quantitative estimate of drug-likeness (QED) is 0.703. The highest BCUT2D eigenvalue weighted by Gasteiger charge is 2.18. The normalized spacial score (nSPS) is 17.1. The van der Waals surface area contributed by atoms with E-state index in [1.807, 2.05) is 24.3 Å². The number of rotatable bonds is 8. The summed E-state index contributed by atoms with van der Waals surface area (Å²) in [7, 11) is 0. The molecule has 2 heterocycles. The number of hydrogen-bond donors (Lipinski definition) is 2. The number of nitrogens with one attached hydrogen (secondary N) is 2. The Morgan fingerprint density at radius 3 is 1.45 bits per heavy atom. The van der Waals surface area contributed by atoms with Crippen LogP contribution < -0.4 is 10.6 Å². The molecule has 2 saturated heterocycles. The molecule has 2 fully saturated rings. The third-order valence-electron chi connectivity index (χ3n) is 3.84. The van der Waals surface area contributed by atoms with Gasteiger partial charge < -0.3 is 20.4 Å². The molecule has 0 aliphatic carbocycles. The molecule has 6 nitrogen and oxygen atoms in total. The smallest absolute Gasteiger partial charge is 0.225 e. The topological polar surface area (TPSA) is 64.2 Å². The minimum atomic E-state index is 0.0298. The molecule has 2 aliphatic heterocycles. The number of anilines is 2. The molecule has 22 heavy (non-hydrogen) atoms. The fraction of sp³-hybridized carbons (Fsp3) is 0.500. The maximum Gasteiger partial charge on any atom is 0.225 e. The van der Waals surface area contributed by atoms with Gasteiger partial charge in [0.05, 0.1) is 0 Å². The van der Waals surface area contributed by atoms with Crippen molar-refractivity contribution >= 4 is 23.2 Å². The van der Waals surface area contributed by atoms with Crippen LogP contribution in [0.3, 0.4) is 0 Å². The lowest BCUT2D eigenvalue weighted by atomic mass is 10.2. The predicted molar refractivity (Wildman–Crippen MR) is 85.8 cm³/mol. The molecule has 1 aromatic carbocycles. The van der Waals surface area contributed by atoms with E-state index in [2.05, 4.69) is 20.4 Å². The number of hydrogen-bond acceptors (Lipinski definition) is 4. The maximum atomic E-state index is 11.8. The molecular weight excluding hydrogens is 280 g/mol. The molecule has 0 radical (unpaired) electrons. The Kier molecular flexibility index (Phi) is 4.70. The van der Waals surface area contributed by atoms with Crippen LogP contribution in [0.1, 0.15) is 12.8 Å². The predicted octanol–water partition coefficient (Wildman–Crippen LogP) is 0.975. The number of benzene rings is 1. The first-order valence-electron chi connectivity index (χ1n) is 7.83. The summed E-state index contributed by atoms with van der Waals surface area (Å²) in [5.41, 5.74) is 1.52. The third-order valence-corrected chi connectivity index (χ3v) is 3.84. The Morgan fingerprint density at radius 2 is 1.14 bits per heavy atom. The zero-order valence-electron chi connectivity index (χ0n) is 12.7. The van der Waals surface area contributed by atoms with Crippen molar-refractivity contribution in [1.29, 1.82) is 0 Å². The summed E-state index contributed by atoms with van der Waals surface area (Å²) >= 11 is 0. The molecule has 0 unspecified atom stereocenters. The summed E-state index contributed by atoms with van der Waals surface area (Å²) in [6.45, 7) is 6.10. The van der Waals surface area contributed by atoms with Gasteiger partial charge in [0.15, 0.2) is 0 Å². The van der Waals surface area contributed by atoms with Crippen molar-refractivity contribution in [2.45, 2.75) is 12.8 Å². The molecular formula is C16H22N4O2. The van der Waals surface area contributed by atoms with E-state index in [4.69, 9.17) is 0 Å². The zero-order chi connectivity index (χ0) is 15.4. The van der Waals surface area contributed by atoms with Crippen LogP contribution >= 0.6 is 0 Å². The zero-order valence-corrected chi connectivity index (χ0v) is 12.7. The number of amides is 2. The van der Waals surface area contributed by atoms with E-state index in [9.17, 15) is 9.59 Å². The molecule has 0 atom stereocenters. The van der Waals surface area contributed by atoms with Crippen molar-refractivity contribution in [3.05, 3.63) is 24.3 Å². The Bertz CT molecular complexity index is 487. The molecule has 2 aliphatic rings. The van der Waals surface area contributed by atoms with Gasteiger partial charge in [-0.25, -0.2) is 0 Å². The van der Waals surface area contributed by atoms with E-state index >= 15 is 0 Å². The van der Waals surface area contributed by atoms with Crippen LogP contribution in [0.4, 0.5) is 11.4 Å². The Morgan fingerprint density at radius 1 is 0.773 bits per heavy atom. The van der Waals surface area contributed by atoms with Crippen molar-refractivity contribution < 1.29 is 9.59 Å². The summed E-state index contributed by atoms with van der Waals surface area (Å²) < 4.78 is 0. The van der Waals surface area contributed by atoms with Gasteiger partial charge in [0, 0.05) is 63.5 Å². The maximum absolute atomic E-state index is 11.8. The van der Waals surface area contributed by atoms with Crippen LogP contribution in [-0.2, 0) is 9.59 Å². The first-order valence-corrected chi connectivity index (χ1v) is 7.83. The molecule has 0 saturated carbocycles. The van der Waals surface area contributed by atoms with Gasteiger partial charge in [-0.1, -0.05) is 0 Å². The van der Waals surface area contributed by atoms with Gasteiger partial charge in [-0.05, 0) is 24.3 Å². The fourth-order valence-electron chi connectivity index (χ4n) is 2.19. The van der Waals surface area contributed by atoms with E-state index in [0.717, 1.165) is 50.6 Å². The SMILES string of the molecule is O=C(CCN1CC1)Nc1ccc(NC(=O)CCN2CC2)cc1. The first kappa shape index (κ1) is 15.0. The lowest BCUT2D eigenvalue weighted by molar-refractivity contribution is -0.117. The van der Waals surface area contributed by atoms with E-state index in [-0.39, 0.29) is 11.8 Å². The van der Waals surface area contributed by atoms with E-state index in [1.165, 1.54) is 0 Å². The second-order valence-electron chi connectivity index (χ2n) is 5.86. The number of carbonyl (C=O) groups excluding carboxylic acids is 2. The van der Waals surface area contributed by atoms with Crippen LogP contribution in [0.2, 0.25) is 0 Å². The van der Waals surface area contributed by atoms with Crippen LogP contribution in [-0.4, -0.2) is 60.9 Å². The molecule has 0 spiro atoms. The van der Waals surface area contributed by atoms with E-state index in [0.29, 0.717) is 12.8 Å². The van der Waals surface area contributed by atoms with Crippen LogP contribution in [0.5, 0.6) is 0 Å². The van der Waals surface area contributed by atoms with Gasteiger partial charge in [-0.3, -0.25) is 9.59 Å². The van der Waals surface area contributed by atoms with Gasteiger partial charge in [-0.2, -0.15) is 0 Å². The molecule has 0 aromatic heterocycles. The van der Waals surface area contributed by atoms with E-state index < -0.39 is 0 Å². The highest BCUT2D eigenvalue weighted by Crippen LogP contribution is 2.15. The second kappa shape index (κ2) is 6.89. The van der Waals surface area contributed by atoms with Gasteiger partial charge in [0.25, 0.3) is 0 Å². The summed E-state index contributed by atoms with van der Waals surface area (Å²) in [4.78, 5) is 27.9. The average molecular weight is 302 g/mol. The van der Waals surface area contributed by atoms with Crippen molar-refractivity contribution in [3.63, 3.8) is 0 Å². The molecule has 2 N–H and O–H groups in total. The minimum absolute atomic E-state index is 0.0298. The Hall–Kier alpha value is -1.92. The lowest BCUT2D eigenvalue weighted by Gasteiger charge is -2.08. The molecule has 6 heteroatoms. The van der Waals surface area contributed by atoms with Gasteiger partial charge in [0.1, 0.15) is 0 Å². The highest BCUT2D eigenvalue weighted by molar-refractivity contribution is 5.93. The van der Waals surface area contributed by atoms with E-state index in [1.54, 1.807) is 0 Å². The molecule has 0 bridgehead atoms. The van der Waals surface area contributed by atoms with Gasteiger partial charge >= 0.3 is 0 Å². The number of nitrogens with zero attached hydrogens (tertiary/aromatic N) is 2. The average Bonchev–Trinajstić information content (AvgIpc) is 3.39. The summed E-state index contributed by atoms with van der Waals surface area (Å²) in [5, 5.41) is 5.74. The standard InChI is InChI=1S/C16H22N4O2/c21-15(5-7-19-9-10-19)17-13-1-2-14(4-3-13)18-16(22)6-8-20-11-12-20/h1-4H,5-12H2,(H,17,21)(H,18,22). The third kappa shape index (κ3) is 5.13. The Balaban J connectivity index is 1.40.